The fourth-order valence-corrected chi connectivity index (χ4v) is 6.30. The molecule has 160 valence electrons. The molecule has 0 aromatic heterocycles. The lowest BCUT2D eigenvalue weighted by atomic mass is 9.95. The van der Waals surface area contributed by atoms with E-state index in [4.69, 9.17) is 0 Å². The molecular formula is C24H30N2O3S. The summed E-state index contributed by atoms with van der Waals surface area (Å²) in [5, 5.41) is 3.20. The first-order chi connectivity index (χ1) is 14.4. The molecule has 3 unspecified atom stereocenters. The maximum Gasteiger partial charge on any atom is 0.251 e. The number of fused-ring (bicyclic) bond motifs is 2. The highest BCUT2D eigenvalue weighted by Crippen LogP contribution is 2.44. The first kappa shape index (κ1) is 21.1. The van der Waals surface area contributed by atoms with Gasteiger partial charge in [0.05, 0.1) is 4.90 Å². The molecule has 2 fully saturated rings. The Hall–Kier alpha value is -2.18. The van der Waals surface area contributed by atoms with Crippen LogP contribution in [-0.4, -0.2) is 31.2 Å². The van der Waals surface area contributed by atoms with Crippen molar-refractivity contribution in [1.82, 2.24) is 9.62 Å². The number of rotatable bonds is 7. The topological polar surface area (TPSA) is 66.5 Å². The molecule has 0 radical (unpaired) electrons. The molecule has 2 aliphatic rings. The van der Waals surface area contributed by atoms with Crippen molar-refractivity contribution in [1.29, 1.82) is 0 Å². The number of hydrogen-bond acceptors (Lipinski definition) is 3. The van der Waals surface area contributed by atoms with E-state index in [0.29, 0.717) is 29.0 Å². The molecule has 6 heteroatoms. The summed E-state index contributed by atoms with van der Waals surface area (Å²) < 4.78 is 27.4. The maximum atomic E-state index is 13.0. The second-order valence-electron chi connectivity index (χ2n) is 8.70. The van der Waals surface area contributed by atoms with E-state index in [-0.39, 0.29) is 12.5 Å². The first-order valence-corrected chi connectivity index (χ1v) is 12.3. The van der Waals surface area contributed by atoms with Crippen LogP contribution in [0, 0.1) is 18.8 Å². The lowest BCUT2D eigenvalue weighted by Gasteiger charge is -2.23. The van der Waals surface area contributed by atoms with Gasteiger partial charge in [-0.15, -0.1) is 0 Å². The SMILES string of the molecule is CCN(Cc1ccc(C(=O)NC2CC3CCC2C3)cc1)S(=O)(=O)c1ccc(C)cc1. The number of nitrogens with zero attached hydrogens (tertiary/aromatic N) is 1. The third-order valence-corrected chi connectivity index (χ3v) is 8.58. The smallest absolute Gasteiger partial charge is 0.251 e. The van der Waals surface area contributed by atoms with Gasteiger partial charge in [0.25, 0.3) is 5.91 Å². The summed E-state index contributed by atoms with van der Waals surface area (Å²) in [6.45, 7) is 4.43. The van der Waals surface area contributed by atoms with Crippen molar-refractivity contribution in [2.45, 2.75) is 57.0 Å². The van der Waals surface area contributed by atoms with Crippen LogP contribution in [0.3, 0.4) is 0 Å². The van der Waals surface area contributed by atoms with Gasteiger partial charge < -0.3 is 5.32 Å². The van der Waals surface area contributed by atoms with Crippen molar-refractivity contribution in [2.75, 3.05) is 6.54 Å². The quantitative estimate of drug-likeness (QED) is 0.724. The molecule has 0 saturated heterocycles. The van der Waals surface area contributed by atoms with E-state index in [0.717, 1.165) is 23.5 Å². The second kappa shape index (κ2) is 8.52. The van der Waals surface area contributed by atoms with E-state index in [9.17, 15) is 13.2 Å². The number of benzene rings is 2. The predicted octanol–water partition coefficient (Wildman–Crippen LogP) is 4.12. The Labute approximate surface area is 179 Å². The predicted molar refractivity (Wildman–Crippen MR) is 118 cm³/mol. The van der Waals surface area contributed by atoms with Gasteiger partial charge in [-0.1, -0.05) is 43.2 Å². The van der Waals surface area contributed by atoms with E-state index in [1.807, 2.05) is 38.1 Å². The second-order valence-corrected chi connectivity index (χ2v) is 10.6. The Balaban J connectivity index is 1.41. The monoisotopic (exact) mass is 426 g/mol. The normalized spacial score (nSPS) is 23.1. The van der Waals surface area contributed by atoms with Crippen LogP contribution >= 0.6 is 0 Å². The van der Waals surface area contributed by atoms with Gasteiger partial charge in [0, 0.05) is 24.7 Å². The summed E-state index contributed by atoms with van der Waals surface area (Å²) in [7, 11) is -3.56. The minimum atomic E-state index is -3.56. The van der Waals surface area contributed by atoms with Gasteiger partial charge in [-0.05, 0) is 67.9 Å². The van der Waals surface area contributed by atoms with E-state index < -0.39 is 10.0 Å². The van der Waals surface area contributed by atoms with Gasteiger partial charge in [-0.2, -0.15) is 4.31 Å². The molecule has 0 spiro atoms. The molecule has 0 heterocycles. The van der Waals surface area contributed by atoms with Gasteiger partial charge in [0.2, 0.25) is 10.0 Å². The first-order valence-electron chi connectivity index (χ1n) is 10.8. The maximum absolute atomic E-state index is 13.0. The molecule has 1 amide bonds. The fourth-order valence-electron chi connectivity index (χ4n) is 4.86. The number of carbonyl (C=O) groups is 1. The van der Waals surface area contributed by atoms with E-state index in [2.05, 4.69) is 5.32 Å². The average Bonchev–Trinajstić information content (AvgIpc) is 3.36. The number of amides is 1. The summed E-state index contributed by atoms with van der Waals surface area (Å²) in [4.78, 5) is 12.9. The molecule has 0 aliphatic heterocycles. The largest absolute Gasteiger partial charge is 0.349 e. The van der Waals surface area contributed by atoms with Crippen LogP contribution < -0.4 is 5.32 Å². The Kier molecular flexibility index (Phi) is 5.98. The molecule has 5 nitrogen and oxygen atoms in total. The van der Waals surface area contributed by atoms with Crippen LogP contribution in [0.4, 0.5) is 0 Å². The molecule has 2 aromatic rings. The van der Waals surface area contributed by atoms with Crippen LogP contribution in [0.1, 0.15) is 54.1 Å². The van der Waals surface area contributed by atoms with E-state index >= 15 is 0 Å². The van der Waals surface area contributed by atoms with Crippen LogP contribution in [0.25, 0.3) is 0 Å². The number of aryl methyl sites for hydroxylation is 1. The van der Waals surface area contributed by atoms with Crippen molar-refractivity contribution in [2.24, 2.45) is 11.8 Å². The Morgan fingerprint density at radius 1 is 1.03 bits per heavy atom. The Morgan fingerprint density at radius 3 is 2.30 bits per heavy atom. The summed E-state index contributed by atoms with van der Waals surface area (Å²) >= 11 is 0. The zero-order valence-electron chi connectivity index (χ0n) is 17.7. The van der Waals surface area contributed by atoms with Gasteiger partial charge >= 0.3 is 0 Å². The van der Waals surface area contributed by atoms with Crippen LogP contribution in [-0.2, 0) is 16.6 Å². The highest BCUT2D eigenvalue weighted by Gasteiger charge is 2.40. The molecule has 30 heavy (non-hydrogen) atoms. The van der Waals surface area contributed by atoms with Crippen molar-refractivity contribution < 1.29 is 13.2 Å². The van der Waals surface area contributed by atoms with Crippen molar-refractivity contribution >= 4 is 15.9 Å². The van der Waals surface area contributed by atoms with Gasteiger partial charge in [0.1, 0.15) is 0 Å². The number of hydrogen-bond donors (Lipinski definition) is 1. The summed E-state index contributed by atoms with van der Waals surface area (Å²) in [5.41, 5.74) is 2.52. The average molecular weight is 427 g/mol. The molecule has 4 rings (SSSR count). The van der Waals surface area contributed by atoms with Crippen molar-refractivity contribution in [3.63, 3.8) is 0 Å². The van der Waals surface area contributed by atoms with Crippen LogP contribution in [0.5, 0.6) is 0 Å². The Bertz CT molecular complexity index is 1000. The van der Waals surface area contributed by atoms with Crippen molar-refractivity contribution in [3.8, 4) is 0 Å². The molecule has 1 N–H and O–H groups in total. The number of nitrogens with one attached hydrogen (secondary N) is 1. The van der Waals surface area contributed by atoms with Gasteiger partial charge in [-0.25, -0.2) is 8.42 Å². The van der Waals surface area contributed by atoms with Crippen LogP contribution in [0.15, 0.2) is 53.4 Å². The molecule has 2 bridgehead atoms. The molecule has 3 atom stereocenters. The summed E-state index contributed by atoms with van der Waals surface area (Å²) in [6, 6.07) is 14.5. The third kappa shape index (κ3) is 4.30. The lowest BCUT2D eigenvalue weighted by molar-refractivity contribution is 0.0923. The third-order valence-electron chi connectivity index (χ3n) is 6.64. The van der Waals surface area contributed by atoms with Gasteiger partial charge in [-0.3, -0.25) is 4.79 Å². The number of carbonyl (C=O) groups excluding carboxylic acids is 1. The van der Waals surface area contributed by atoms with E-state index in [1.165, 1.54) is 23.6 Å². The standard InChI is InChI=1S/C24H30N2O3S/c1-3-26(30(28,29)22-12-4-17(2)5-13-22)16-18-6-9-20(10-7-18)24(27)25-23-15-19-8-11-21(23)14-19/h4-7,9-10,12-13,19,21,23H,3,8,11,14-16H2,1-2H3,(H,25,27). The summed E-state index contributed by atoms with van der Waals surface area (Å²) in [5.74, 6) is 1.40. The fraction of sp³-hybridized carbons (Fsp3) is 0.458. The lowest BCUT2D eigenvalue weighted by Crippen LogP contribution is -2.38. The van der Waals surface area contributed by atoms with E-state index in [1.54, 1.807) is 24.3 Å². The number of sulfonamides is 1. The Morgan fingerprint density at radius 2 is 1.73 bits per heavy atom. The molecular weight excluding hydrogens is 396 g/mol. The van der Waals surface area contributed by atoms with Crippen molar-refractivity contribution in [3.05, 3.63) is 65.2 Å². The zero-order chi connectivity index (χ0) is 21.3. The highest BCUT2D eigenvalue weighted by molar-refractivity contribution is 7.89. The zero-order valence-corrected chi connectivity index (χ0v) is 18.5. The highest BCUT2D eigenvalue weighted by atomic mass is 32.2. The summed E-state index contributed by atoms with van der Waals surface area (Å²) in [6.07, 6.45) is 4.91. The minimum Gasteiger partial charge on any atom is -0.349 e. The molecule has 2 aliphatic carbocycles. The van der Waals surface area contributed by atoms with Crippen LogP contribution in [0.2, 0.25) is 0 Å². The molecule has 2 aromatic carbocycles. The minimum absolute atomic E-state index is 0.0290. The van der Waals surface area contributed by atoms with Gasteiger partial charge in [0.15, 0.2) is 0 Å². The molecule has 2 saturated carbocycles.